The first kappa shape index (κ1) is 18.0. The molecule has 2 amide bonds. The molecular formula is C21H20N2O2S. The molecule has 0 heterocycles. The van der Waals surface area contributed by atoms with E-state index in [4.69, 9.17) is 0 Å². The van der Waals surface area contributed by atoms with E-state index in [9.17, 15) is 9.59 Å². The lowest BCUT2D eigenvalue weighted by molar-refractivity contribution is -0.115. The number of carbonyl (C=O) groups is 2. The summed E-state index contributed by atoms with van der Waals surface area (Å²) < 4.78 is 0. The maximum absolute atomic E-state index is 12.6. The highest BCUT2D eigenvalue weighted by molar-refractivity contribution is 8.00. The molecule has 132 valence electrons. The van der Waals surface area contributed by atoms with Gasteiger partial charge in [-0.25, -0.2) is 0 Å². The summed E-state index contributed by atoms with van der Waals surface area (Å²) in [4.78, 5) is 24.7. The summed E-state index contributed by atoms with van der Waals surface area (Å²) in [5, 5.41) is 7.61. The van der Waals surface area contributed by atoms with E-state index in [0.29, 0.717) is 0 Å². The fourth-order valence-electron chi connectivity index (χ4n) is 2.68. The van der Waals surface area contributed by atoms with Crippen LogP contribution in [0.1, 0.15) is 13.8 Å². The predicted octanol–water partition coefficient (Wildman–Crippen LogP) is 4.92. The van der Waals surface area contributed by atoms with Crippen LogP contribution >= 0.6 is 11.8 Å². The molecule has 3 aromatic rings. The summed E-state index contributed by atoms with van der Waals surface area (Å²) in [6, 6.07) is 21.3. The summed E-state index contributed by atoms with van der Waals surface area (Å²) in [5.41, 5.74) is 1.54. The number of amides is 2. The fourth-order valence-corrected chi connectivity index (χ4v) is 3.60. The van der Waals surface area contributed by atoms with Crippen LogP contribution in [-0.2, 0) is 9.59 Å². The van der Waals surface area contributed by atoms with E-state index in [0.717, 1.165) is 27.0 Å². The Morgan fingerprint density at radius 3 is 2.46 bits per heavy atom. The number of hydrogen-bond acceptors (Lipinski definition) is 3. The van der Waals surface area contributed by atoms with E-state index in [1.165, 1.54) is 18.7 Å². The van der Waals surface area contributed by atoms with E-state index in [2.05, 4.69) is 10.6 Å². The lowest BCUT2D eigenvalue weighted by atomic mass is 10.1. The molecule has 3 rings (SSSR count). The standard InChI is InChI=1S/C21H20N2O2S/c1-14(26-18-10-6-9-17(13-18)22-15(2)24)21(25)23-20-12-5-8-16-7-3-4-11-19(16)20/h3-14H,1-2H3,(H,22,24)(H,23,25). The molecule has 0 aliphatic heterocycles. The molecule has 4 nitrogen and oxygen atoms in total. The monoisotopic (exact) mass is 364 g/mol. The van der Waals surface area contributed by atoms with Crippen molar-refractivity contribution in [2.75, 3.05) is 10.6 Å². The number of carbonyl (C=O) groups excluding carboxylic acids is 2. The van der Waals surface area contributed by atoms with Crippen molar-refractivity contribution < 1.29 is 9.59 Å². The van der Waals surface area contributed by atoms with Gasteiger partial charge in [0.2, 0.25) is 11.8 Å². The van der Waals surface area contributed by atoms with Crippen LogP contribution in [0.3, 0.4) is 0 Å². The van der Waals surface area contributed by atoms with Crippen LogP contribution in [0.4, 0.5) is 11.4 Å². The first-order valence-electron chi connectivity index (χ1n) is 8.36. The zero-order valence-electron chi connectivity index (χ0n) is 14.7. The van der Waals surface area contributed by atoms with Crippen molar-refractivity contribution in [1.29, 1.82) is 0 Å². The summed E-state index contributed by atoms with van der Waals surface area (Å²) in [7, 11) is 0. The number of benzene rings is 3. The fraction of sp³-hybridized carbons (Fsp3) is 0.143. The van der Waals surface area contributed by atoms with Crippen molar-refractivity contribution in [1.82, 2.24) is 0 Å². The van der Waals surface area contributed by atoms with Gasteiger partial charge >= 0.3 is 0 Å². The minimum atomic E-state index is -0.276. The first-order chi connectivity index (χ1) is 12.5. The van der Waals surface area contributed by atoms with Crippen LogP contribution < -0.4 is 10.6 Å². The van der Waals surface area contributed by atoms with E-state index in [1.54, 1.807) is 0 Å². The lowest BCUT2D eigenvalue weighted by Crippen LogP contribution is -2.22. The maximum Gasteiger partial charge on any atom is 0.237 e. The molecule has 1 atom stereocenters. The quantitative estimate of drug-likeness (QED) is 0.632. The predicted molar refractivity (Wildman–Crippen MR) is 109 cm³/mol. The van der Waals surface area contributed by atoms with Gasteiger partial charge < -0.3 is 10.6 Å². The Morgan fingerprint density at radius 1 is 0.923 bits per heavy atom. The summed E-state index contributed by atoms with van der Waals surface area (Å²) >= 11 is 1.45. The minimum Gasteiger partial charge on any atom is -0.326 e. The van der Waals surface area contributed by atoms with Gasteiger partial charge in [-0.05, 0) is 36.6 Å². The Labute approximate surface area is 157 Å². The van der Waals surface area contributed by atoms with Crippen molar-refractivity contribution in [3.8, 4) is 0 Å². The van der Waals surface area contributed by atoms with Gasteiger partial charge in [0.15, 0.2) is 0 Å². The smallest absolute Gasteiger partial charge is 0.237 e. The highest BCUT2D eigenvalue weighted by Gasteiger charge is 2.16. The average Bonchev–Trinajstić information content (AvgIpc) is 2.61. The zero-order valence-corrected chi connectivity index (χ0v) is 15.5. The Hall–Kier alpha value is -2.79. The van der Waals surface area contributed by atoms with Crippen LogP contribution in [0, 0.1) is 0 Å². The molecule has 0 saturated heterocycles. The molecular weight excluding hydrogens is 344 g/mol. The van der Waals surface area contributed by atoms with E-state index in [-0.39, 0.29) is 17.1 Å². The molecule has 0 aliphatic rings. The van der Waals surface area contributed by atoms with Gasteiger partial charge in [0.05, 0.1) is 5.25 Å². The largest absolute Gasteiger partial charge is 0.326 e. The van der Waals surface area contributed by atoms with Crippen LogP contribution in [0.2, 0.25) is 0 Å². The second-order valence-electron chi connectivity index (χ2n) is 5.99. The number of anilines is 2. The molecule has 0 aromatic heterocycles. The number of fused-ring (bicyclic) bond motifs is 1. The second kappa shape index (κ2) is 8.06. The summed E-state index contributed by atoms with van der Waals surface area (Å²) in [6.45, 7) is 3.34. The van der Waals surface area contributed by atoms with Gasteiger partial charge in [0.25, 0.3) is 0 Å². The molecule has 26 heavy (non-hydrogen) atoms. The average molecular weight is 364 g/mol. The van der Waals surface area contributed by atoms with Crippen LogP contribution in [0.15, 0.2) is 71.6 Å². The van der Waals surface area contributed by atoms with Crippen molar-refractivity contribution in [3.63, 3.8) is 0 Å². The minimum absolute atomic E-state index is 0.0590. The zero-order chi connectivity index (χ0) is 18.5. The third-order valence-corrected chi connectivity index (χ3v) is 4.98. The summed E-state index contributed by atoms with van der Waals surface area (Å²) in [5.74, 6) is -0.176. The molecule has 2 N–H and O–H groups in total. The number of nitrogens with one attached hydrogen (secondary N) is 2. The Morgan fingerprint density at radius 2 is 1.65 bits per heavy atom. The van der Waals surface area contributed by atoms with E-state index < -0.39 is 0 Å². The Kier molecular flexibility index (Phi) is 5.58. The number of rotatable bonds is 5. The van der Waals surface area contributed by atoms with Gasteiger partial charge in [-0.2, -0.15) is 0 Å². The Balaban J connectivity index is 1.71. The molecule has 0 fully saturated rings. The third-order valence-electron chi connectivity index (χ3n) is 3.88. The van der Waals surface area contributed by atoms with Gasteiger partial charge in [-0.1, -0.05) is 42.5 Å². The lowest BCUT2D eigenvalue weighted by Gasteiger charge is -2.14. The second-order valence-corrected chi connectivity index (χ2v) is 7.40. The number of thioether (sulfide) groups is 1. The van der Waals surface area contributed by atoms with Crippen molar-refractivity contribution in [2.45, 2.75) is 24.0 Å². The van der Waals surface area contributed by atoms with E-state index in [1.807, 2.05) is 73.7 Å². The highest BCUT2D eigenvalue weighted by Crippen LogP contribution is 2.28. The van der Waals surface area contributed by atoms with E-state index >= 15 is 0 Å². The van der Waals surface area contributed by atoms with Crippen LogP contribution in [0.5, 0.6) is 0 Å². The van der Waals surface area contributed by atoms with Gasteiger partial charge in [-0.15, -0.1) is 11.8 Å². The molecule has 1 unspecified atom stereocenters. The Bertz CT molecular complexity index is 950. The summed E-state index contributed by atoms with van der Waals surface area (Å²) in [6.07, 6.45) is 0. The van der Waals surface area contributed by atoms with Gasteiger partial charge in [0.1, 0.15) is 0 Å². The topological polar surface area (TPSA) is 58.2 Å². The molecule has 5 heteroatoms. The molecule has 3 aromatic carbocycles. The first-order valence-corrected chi connectivity index (χ1v) is 9.24. The van der Waals surface area contributed by atoms with Gasteiger partial charge in [0, 0.05) is 28.6 Å². The maximum atomic E-state index is 12.6. The normalized spacial score (nSPS) is 11.8. The molecule has 0 aliphatic carbocycles. The van der Waals surface area contributed by atoms with Crippen molar-refractivity contribution >= 4 is 45.7 Å². The van der Waals surface area contributed by atoms with Crippen LogP contribution in [-0.4, -0.2) is 17.1 Å². The van der Waals surface area contributed by atoms with Crippen molar-refractivity contribution in [3.05, 3.63) is 66.7 Å². The SMILES string of the molecule is CC(=O)Nc1cccc(SC(C)C(=O)Nc2cccc3ccccc23)c1. The molecule has 0 bridgehead atoms. The highest BCUT2D eigenvalue weighted by atomic mass is 32.2. The molecule has 0 spiro atoms. The third kappa shape index (κ3) is 4.43. The molecule has 0 radical (unpaired) electrons. The van der Waals surface area contributed by atoms with Gasteiger partial charge in [-0.3, -0.25) is 9.59 Å². The number of hydrogen-bond donors (Lipinski definition) is 2. The van der Waals surface area contributed by atoms with Crippen molar-refractivity contribution in [2.24, 2.45) is 0 Å². The van der Waals surface area contributed by atoms with Crippen LogP contribution in [0.25, 0.3) is 10.8 Å². The molecule has 0 saturated carbocycles.